The SMILES string of the molecule is [Ca+2].[O]=[GeH][O-].[O]=[GeH][O-].[O]=[GeH][O-].[O]=[GeH][O-].[O]=[GeH][O-].[O]=[GeH][O-].[Ti+4]. The van der Waals surface area contributed by atoms with E-state index in [1.165, 1.54) is 0 Å². The van der Waals surface area contributed by atoms with Gasteiger partial charge < -0.3 is 0 Å². The van der Waals surface area contributed by atoms with Crippen molar-refractivity contribution in [2.45, 2.75) is 0 Å². The zero-order chi connectivity index (χ0) is 16.2. The van der Waals surface area contributed by atoms with Crippen LogP contribution < -0.4 is 24.8 Å². The Hall–Kier alpha value is 2.83. The molecule has 0 atom stereocenters. The van der Waals surface area contributed by atoms with E-state index in [4.69, 9.17) is 47.5 Å². The number of hydrogen-bond donors (Lipinski definition) is 0. The van der Waals surface area contributed by atoms with Gasteiger partial charge in [0, 0.05) is 0 Å². The van der Waals surface area contributed by atoms with Crippen molar-refractivity contribution in [2.24, 2.45) is 0 Å². The molecule has 0 aromatic carbocycles. The molecule has 0 unspecified atom stereocenters. The first-order chi connectivity index (χ1) is 8.49. The van der Waals surface area contributed by atoms with Gasteiger partial charge in [-0.05, 0) is 0 Å². The van der Waals surface area contributed by atoms with Gasteiger partial charge in [0.25, 0.3) is 0 Å². The van der Waals surface area contributed by atoms with E-state index in [0.717, 1.165) is 0 Å². The summed E-state index contributed by atoms with van der Waals surface area (Å²) in [6, 6.07) is 0. The molecule has 0 saturated carbocycles. The Morgan fingerprint density at radius 1 is 0.400 bits per heavy atom. The minimum Gasteiger partial charge on any atom is 4.00 e. The molecule has 0 amide bonds. The van der Waals surface area contributed by atoms with Crippen molar-refractivity contribution in [1.29, 1.82) is 0 Å². The van der Waals surface area contributed by atoms with Crippen LogP contribution in [0.4, 0.5) is 0 Å². The summed E-state index contributed by atoms with van der Waals surface area (Å²) in [6.45, 7) is 0. The molecule has 0 aliphatic rings. The summed E-state index contributed by atoms with van der Waals surface area (Å²) < 4.78 is 102. The minimum atomic E-state index is -2.19. The molecule has 0 bridgehead atoms. The molecule has 108 valence electrons. The van der Waals surface area contributed by atoms with Gasteiger partial charge in [-0.15, -0.1) is 0 Å². The summed E-state index contributed by atoms with van der Waals surface area (Å²) in [5, 5.41) is 0. The Bertz CT molecular complexity index is 119. The molecule has 0 radical (unpaired) electrons. The first-order valence-electron chi connectivity index (χ1n) is 2.83. The molecule has 0 fully saturated rings. The molecular formula is H6CaGe6O12Ti. The van der Waals surface area contributed by atoms with Crippen LogP contribution in [0.3, 0.4) is 0 Å². The van der Waals surface area contributed by atoms with Gasteiger partial charge in [0.2, 0.25) is 0 Å². The van der Waals surface area contributed by atoms with E-state index >= 15 is 0 Å². The van der Waals surface area contributed by atoms with Crippen LogP contribution in [0.1, 0.15) is 0 Å². The fourth-order valence-corrected chi connectivity index (χ4v) is 0. The van der Waals surface area contributed by atoms with Gasteiger partial charge in [-0.3, -0.25) is 0 Å². The summed E-state index contributed by atoms with van der Waals surface area (Å²) in [5.41, 5.74) is 0. The van der Waals surface area contributed by atoms with Crippen LogP contribution in [-0.4, -0.2) is 132 Å². The maximum atomic E-state index is 8.53. The van der Waals surface area contributed by atoms with Gasteiger partial charge >= 0.3 is 201 Å². The third kappa shape index (κ3) is 1020. The molecule has 0 rings (SSSR count). The Morgan fingerprint density at radius 2 is 0.400 bits per heavy atom. The van der Waals surface area contributed by atoms with Crippen LogP contribution in [-0.2, 0) is 44.4 Å². The predicted molar refractivity (Wildman–Crippen MR) is 52.8 cm³/mol. The summed E-state index contributed by atoms with van der Waals surface area (Å²) in [6.07, 6.45) is 0. The molecule has 0 aromatic rings. The average molecular weight is 722 g/mol. The van der Waals surface area contributed by atoms with Crippen LogP contribution >= 0.6 is 0 Å². The van der Waals surface area contributed by atoms with Gasteiger partial charge in [0.1, 0.15) is 0 Å². The molecule has 0 aliphatic heterocycles. The van der Waals surface area contributed by atoms with Gasteiger partial charge in [-0.2, -0.15) is 0 Å². The van der Waals surface area contributed by atoms with Crippen molar-refractivity contribution in [1.82, 2.24) is 0 Å². The van der Waals surface area contributed by atoms with Gasteiger partial charge in [0.15, 0.2) is 0 Å². The van der Waals surface area contributed by atoms with Crippen LogP contribution in [0.5, 0.6) is 0 Å². The molecule has 0 aliphatic carbocycles. The van der Waals surface area contributed by atoms with Gasteiger partial charge in [-0.1, -0.05) is 0 Å². The largest absolute Gasteiger partial charge is 4.00 e. The van der Waals surface area contributed by atoms with Gasteiger partial charge in [0.05, 0.1) is 0 Å². The zero-order valence-corrected chi connectivity index (χ0v) is 27.9. The maximum Gasteiger partial charge on any atom is 4.00 e. The standard InChI is InChI=1S/Ca.6GeHO2.Ti/c;6*2-1-3;/h;6*1H;/q+2;6*-1;+4. The summed E-state index contributed by atoms with van der Waals surface area (Å²) in [7, 11) is 0. The normalized spacial score (nSPS) is 3.60. The zero-order valence-electron chi connectivity index (χ0n) is 9.57. The molecule has 20 heteroatoms. The van der Waals surface area contributed by atoms with E-state index in [9.17, 15) is 0 Å². The Labute approximate surface area is 197 Å². The van der Waals surface area contributed by atoms with Crippen LogP contribution in [0, 0.1) is 0 Å². The van der Waals surface area contributed by atoms with E-state index in [2.05, 4.69) is 0 Å². The van der Waals surface area contributed by atoms with Crippen molar-refractivity contribution in [3.05, 3.63) is 0 Å². The molecule has 12 nitrogen and oxygen atoms in total. The number of hydrogen-bond acceptors (Lipinski definition) is 12. The van der Waals surface area contributed by atoms with Crippen molar-refractivity contribution in [3.8, 4) is 0 Å². The number of rotatable bonds is 0. The van der Waals surface area contributed by atoms with Gasteiger partial charge in [-0.25, -0.2) is 0 Å². The second-order valence-corrected chi connectivity index (χ2v) is 3.00. The van der Waals surface area contributed by atoms with Crippen molar-refractivity contribution < 1.29 is 69.2 Å². The third-order valence-corrected chi connectivity index (χ3v) is 0. The Kier molecular flexibility index (Phi) is 300. The second kappa shape index (κ2) is 121. The summed E-state index contributed by atoms with van der Waals surface area (Å²) in [4.78, 5) is 0. The fourth-order valence-electron chi connectivity index (χ4n) is 0. The monoisotopic (exact) mass is 729 g/mol. The Balaban J connectivity index is -0.0000000141. The molecular weight excluding hydrogens is 716 g/mol. The second-order valence-electron chi connectivity index (χ2n) is 0.577. The molecule has 0 spiro atoms. The fraction of sp³-hybridized carbons (Fsp3) is 0. The van der Waals surface area contributed by atoms with E-state index < -0.39 is 94.2 Å². The first kappa shape index (κ1) is 49.5. The van der Waals surface area contributed by atoms with Crippen molar-refractivity contribution in [3.63, 3.8) is 0 Å². The minimum absolute atomic E-state index is 0. The van der Waals surface area contributed by atoms with Crippen LogP contribution in [0.25, 0.3) is 0 Å². The smallest absolute Gasteiger partial charge is 4.00 e. The first-order valence-corrected chi connectivity index (χ1v) is 14.7. The van der Waals surface area contributed by atoms with Crippen LogP contribution in [0.2, 0.25) is 0 Å². The van der Waals surface area contributed by atoms with Crippen LogP contribution in [0.15, 0.2) is 0 Å². The van der Waals surface area contributed by atoms with E-state index in [-0.39, 0.29) is 59.5 Å². The van der Waals surface area contributed by atoms with Crippen molar-refractivity contribution in [2.75, 3.05) is 0 Å². The predicted octanol–water partition coefficient (Wildman–Crippen LogP) is -12.1. The molecule has 20 heavy (non-hydrogen) atoms. The molecule has 0 aromatic heterocycles. The summed E-state index contributed by atoms with van der Waals surface area (Å²) in [5.74, 6) is 0. The van der Waals surface area contributed by atoms with E-state index in [1.54, 1.807) is 0 Å². The van der Waals surface area contributed by atoms with E-state index in [0.29, 0.717) is 0 Å². The molecule has 0 saturated heterocycles. The summed E-state index contributed by atoms with van der Waals surface area (Å²) >= 11 is -13.1. The average Bonchev–Trinajstić information content (AvgIpc) is 2.23. The Morgan fingerprint density at radius 3 is 0.400 bits per heavy atom. The quantitative estimate of drug-likeness (QED) is 0.212. The molecule has 0 heterocycles. The third-order valence-electron chi connectivity index (χ3n) is 0. The molecule has 0 N–H and O–H groups in total. The topological polar surface area (TPSA) is 241 Å². The van der Waals surface area contributed by atoms with Crippen molar-refractivity contribution >= 4 is 132 Å². The van der Waals surface area contributed by atoms with E-state index in [1.807, 2.05) is 0 Å². The maximum absolute atomic E-state index is 8.53.